The summed E-state index contributed by atoms with van der Waals surface area (Å²) in [5, 5.41) is 0. The van der Waals surface area contributed by atoms with Gasteiger partial charge in [0.2, 0.25) is 0 Å². The number of likely N-dealkylation sites (tertiary alicyclic amines) is 1. The summed E-state index contributed by atoms with van der Waals surface area (Å²) >= 11 is 0. The molecule has 2 atom stereocenters. The van der Waals surface area contributed by atoms with E-state index in [-0.39, 0.29) is 4.90 Å². The van der Waals surface area contributed by atoms with Gasteiger partial charge in [0.25, 0.3) is 0 Å². The van der Waals surface area contributed by atoms with Crippen molar-refractivity contribution in [1.82, 2.24) is 4.90 Å². The highest BCUT2D eigenvalue weighted by Gasteiger charge is 2.47. The van der Waals surface area contributed by atoms with Crippen molar-refractivity contribution in [3.8, 4) is 0 Å². The van der Waals surface area contributed by atoms with Crippen LogP contribution in [-0.2, 0) is 4.79 Å². The molecule has 1 fully saturated rings. The van der Waals surface area contributed by atoms with Gasteiger partial charge >= 0.3 is 12.1 Å². The molecule has 2 nitrogen and oxygen atoms in total. The summed E-state index contributed by atoms with van der Waals surface area (Å²) in [4.78, 5) is 10.6. The molecule has 0 aromatic heterocycles. The van der Waals surface area contributed by atoms with E-state index in [9.17, 15) is 26.7 Å². The number of nitrogens with zero attached hydrogens (tertiary/aromatic N) is 1. The minimum atomic E-state index is -5.05. The SMILES string of the molecule is O=C(N1C[C@@H](F)[C@@H](F)C1)C(F)(F)F. The summed E-state index contributed by atoms with van der Waals surface area (Å²) in [6.45, 7) is -1.64. The van der Waals surface area contributed by atoms with Crippen LogP contribution in [0.25, 0.3) is 0 Å². The first-order valence-corrected chi connectivity index (χ1v) is 3.46. The minimum absolute atomic E-state index is 0.134. The molecule has 1 amide bonds. The van der Waals surface area contributed by atoms with E-state index >= 15 is 0 Å². The number of hydrogen-bond acceptors (Lipinski definition) is 1. The molecule has 1 aliphatic rings. The molecule has 0 N–H and O–H groups in total. The van der Waals surface area contributed by atoms with Crippen molar-refractivity contribution in [2.75, 3.05) is 13.1 Å². The Bertz CT molecular complexity index is 206. The number of hydrogen-bond donors (Lipinski definition) is 0. The van der Waals surface area contributed by atoms with E-state index in [2.05, 4.69) is 0 Å². The van der Waals surface area contributed by atoms with E-state index in [4.69, 9.17) is 0 Å². The molecule has 0 aromatic rings. The van der Waals surface area contributed by atoms with Crippen molar-refractivity contribution in [1.29, 1.82) is 0 Å². The summed E-state index contributed by atoms with van der Waals surface area (Å²) < 4.78 is 59.9. The van der Waals surface area contributed by atoms with E-state index in [1.54, 1.807) is 0 Å². The highest BCUT2D eigenvalue weighted by Crippen LogP contribution is 2.24. The van der Waals surface area contributed by atoms with Crippen molar-refractivity contribution < 1.29 is 26.7 Å². The van der Waals surface area contributed by atoms with Crippen LogP contribution >= 0.6 is 0 Å². The van der Waals surface area contributed by atoms with Gasteiger partial charge in [-0.1, -0.05) is 0 Å². The van der Waals surface area contributed by atoms with Gasteiger partial charge in [0.1, 0.15) is 0 Å². The third kappa shape index (κ3) is 2.07. The molecule has 1 aliphatic heterocycles. The van der Waals surface area contributed by atoms with Crippen molar-refractivity contribution >= 4 is 5.91 Å². The van der Waals surface area contributed by atoms with Gasteiger partial charge in [0.15, 0.2) is 12.3 Å². The van der Waals surface area contributed by atoms with Crippen LogP contribution in [0.3, 0.4) is 0 Å². The van der Waals surface area contributed by atoms with Crippen LogP contribution in [0, 0.1) is 0 Å². The van der Waals surface area contributed by atoms with Crippen LogP contribution < -0.4 is 0 Å². The van der Waals surface area contributed by atoms with Gasteiger partial charge in [0.05, 0.1) is 13.1 Å². The second-order valence-electron chi connectivity index (χ2n) is 2.74. The normalized spacial score (nSPS) is 29.5. The molecular formula is C6H6F5NO. The highest BCUT2D eigenvalue weighted by atomic mass is 19.4. The van der Waals surface area contributed by atoms with E-state index in [0.29, 0.717) is 0 Å². The Morgan fingerprint density at radius 1 is 1.15 bits per heavy atom. The fraction of sp³-hybridized carbons (Fsp3) is 0.833. The monoisotopic (exact) mass is 203 g/mol. The van der Waals surface area contributed by atoms with Crippen LogP contribution in [0.5, 0.6) is 0 Å². The predicted molar refractivity (Wildman–Crippen MR) is 32.4 cm³/mol. The smallest absolute Gasteiger partial charge is 0.329 e. The fourth-order valence-electron chi connectivity index (χ4n) is 1.07. The molecule has 0 spiro atoms. The first-order valence-electron chi connectivity index (χ1n) is 3.46. The maximum atomic E-state index is 12.4. The highest BCUT2D eigenvalue weighted by molar-refractivity contribution is 5.82. The summed E-state index contributed by atoms with van der Waals surface area (Å²) in [7, 11) is 0. The Kier molecular flexibility index (Phi) is 2.44. The van der Waals surface area contributed by atoms with Crippen molar-refractivity contribution in [3.05, 3.63) is 0 Å². The van der Waals surface area contributed by atoms with Gasteiger partial charge in [-0.25, -0.2) is 8.78 Å². The summed E-state index contributed by atoms with van der Waals surface area (Å²) in [6, 6.07) is 0. The first-order chi connectivity index (χ1) is 5.82. The lowest BCUT2D eigenvalue weighted by Crippen LogP contribution is -2.40. The Morgan fingerprint density at radius 3 is 1.85 bits per heavy atom. The lowest BCUT2D eigenvalue weighted by molar-refractivity contribution is -0.184. The lowest BCUT2D eigenvalue weighted by atomic mass is 10.3. The van der Waals surface area contributed by atoms with E-state index in [1.807, 2.05) is 0 Å². The molecule has 13 heavy (non-hydrogen) atoms. The molecule has 1 rings (SSSR count). The third-order valence-corrected chi connectivity index (χ3v) is 1.71. The quantitative estimate of drug-likeness (QED) is 0.539. The summed E-state index contributed by atoms with van der Waals surface area (Å²) in [5.74, 6) is -2.18. The van der Waals surface area contributed by atoms with Crippen molar-refractivity contribution in [2.24, 2.45) is 0 Å². The van der Waals surface area contributed by atoms with Crippen molar-refractivity contribution in [3.63, 3.8) is 0 Å². The lowest BCUT2D eigenvalue weighted by Gasteiger charge is -2.16. The molecule has 0 saturated carbocycles. The average Bonchev–Trinajstić information content (AvgIpc) is 2.29. The zero-order valence-corrected chi connectivity index (χ0v) is 6.31. The minimum Gasteiger partial charge on any atom is -0.329 e. The maximum Gasteiger partial charge on any atom is 0.471 e. The van der Waals surface area contributed by atoms with Crippen LogP contribution in [0.15, 0.2) is 0 Å². The number of alkyl halides is 5. The number of carbonyl (C=O) groups excluding carboxylic acids is 1. The zero-order chi connectivity index (χ0) is 10.2. The Morgan fingerprint density at radius 2 is 1.54 bits per heavy atom. The summed E-state index contributed by atoms with van der Waals surface area (Å²) in [5.41, 5.74) is 0. The Hall–Kier alpha value is -0.880. The predicted octanol–water partition coefficient (Wildman–Crippen LogP) is 1.07. The topological polar surface area (TPSA) is 20.3 Å². The van der Waals surface area contributed by atoms with E-state index in [0.717, 1.165) is 0 Å². The Labute approximate surface area is 70.3 Å². The number of carbonyl (C=O) groups is 1. The zero-order valence-electron chi connectivity index (χ0n) is 6.31. The van der Waals surface area contributed by atoms with Gasteiger partial charge < -0.3 is 4.90 Å². The van der Waals surface area contributed by atoms with Crippen LogP contribution in [0.1, 0.15) is 0 Å². The molecule has 7 heteroatoms. The van der Waals surface area contributed by atoms with E-state index < -0.39 is 37.5 Å². The first kappa shape index (κ1) is 10.2. The fourth-order valence-corrected chi connectivity index (χ4v) is 1.07. The average molecular weight is 203 g/mol. The molecular weight excluding hydrogens is 197 g/mol. The molecule has 0 aromatic carbocycles. The maximum absolute atomic E-state index is 12.4. The number of amides is 1. The molecule has 1 saturated heterocycles. The van der Waals surface area contributed by atoms with E-state index in [1.165, 1.54) is 0 Å². The second-order valence-corrected chi connectivity index (χ2v) is 2.74. The van der Waals surface area contributed by atoms with Crippen LogP contribution in [0.4, 0.5) is 22.0 Å². The number of halogens is 5. The Balaban J connectivity index is 2.61. The summed E-state index contributed by atoms with van der Waals surface area (Å²) in [6.07, 6.45) is -9.07. The second kappa shape index (κ2) is 3.12. The van der Waals surface area contributed by atoms with Gasteiger partial charge in [-0.05, 0) is 0 Å². The van der Waals surface area contributed by atoms with Gasteiger partial charge in [-0.15, -0.1) is 0 Å². The third-order valence-electron chi connectivity index (χ3n) is 1.71. The molecule has 1 heterocycles. The van der Waals surface area contributed by atoms with Gasteiger partial charge in [-0.3, -0.25) is 4.79 Å². The van der Waals surface area contributed by atoms with Crippen LogP contribution in [-0.4, -0.2) is 42.4 Å². The molecule has 76 valence electrons. The standard InChI is InChI=1S/C6H6F5NO/c7-3-1-12(2-4(3)8)5(13)6(9,10)11/h3-4H,1-2H2/t3-,4+. The molecule has 0 bridgehead atoms. The van der Waals surface area contributed by atoms with Crippen molar-refractivity contribution in [2.45, 2.75) is 18.5 Å². The number of rotatable bonds is 0. The van der Waals surface area contributed by atoms with Gasteiger partial charge in [0, 0.05) is 0 Å². The largest absolute Gasteiger partial charge is 0.471 e. The molecule has 0 aliphatic carbocycles. The van der Waals surface area contributed by atoms with Gasteiger partial charge in [-0.2, -0.15) is 13.2 Å². The molecule has 0 unspecified atom stereocenters. The molecule has 0 radical (unpaired) electrons. The van der Waals surface area contributed by atoms with Crippen LogP contribution in [0.2, 0.25) is 0 Å².